The molecule has 3 aromatic rings. The van der Waals surface area contributed by atoms with Crippen LogP contribution in [0.25, 0.3) is 0 Å². The van der Waals surface area contributed by atoms with E-state index >= 15 is 0 Å². The fourth-order valence-corrected chi connectivity index (χ4v) is 8.83. The van der Waals surface area contributed by atoms with Crippen LogP contribution in [0.3, 0.4) is 0 Å². The number of allylic oxidation sites excluding steroid dienone is 1. The molecule has 6 atom stereocenters. The highest BCUT2D eigenvalue weighted by Crippen LogP contribution is 2.61. The van der Waals surface area contributed by atoms with E-state index in [-0.39, 0.29) is 43.5 Å². The molecule has 1 amide bonds. The van der Waals surface area contributed by atoms with Gasteiger partial charge in [-0.3, -0.25) is 9.78 Å². The maximum Gasteiger partial charge on any atom is 0.254 e. The monoisotopic (exact) mass is 762 g/mol. The van der Waals surface area contributed by atoms with Gasteiger partial charge in [-0.25, -0.2) is 0 Å². The second-order valence-electron chi connectivity index (χ2n) is 14.9. The Morgan fingerprint density at radius 2 is 1.88 bits per heavy atom. The molecule has 3 aliphatic rings. The number of oxime groups is 1. The standard InChI is InChI=1S/C45H54N4O7/c1-5-24-54-45-41(49(4)44(52)32-18-16-31(28-46)17-19-32)27-39(48-55-6-2)37-25-33(13-7-9-22-50)36(15-8-10-23-51)42(43(37)45)38-26-35(20-21-40(38)56-45)53-29-34-14-11-12-30(3)47-34/h5,11-12,14,16-21,25-26,33,36,41-43,50-51H,1,6-10,13,15,22-24,27,29H2,2-4H3. The lowest BCUT2D eigenvalue weighted by molar-refractivity contribution is -0.252. The number of ether oxygens (including phenoxy) is 3. The Morgan fingerprint density at radius 3 is 2.57 bits per heavy atom. The van der Waals surface area contributed by atoms with Crippen LogP contribution in [-0.4, -0.2) is 77.0 Å². The molecule has 6 rings (SSSR count). The largest absolute Gasteiger partial charge is 0.487 e. The second-order valence-corrected chi connectivity index (χ2v) is 14.9. The molecule has 296 valence electrons. The van der Waals surface area contributed by atoms with Crippen LogP contribution in [0.1, 0.15) is 90.7 Å². The van der Waals surface area contributed by atoms with Crippen molar-refractivity contribution in [3.63, 3.8) is 0 Å². The number of aliphatic hydroxyl groups is 2. The minimum absolute atomic E-state index is 0.0867. The highest BCUT2D eigenvalue weighted by atomic mass is 16.7. The predicted molar refractivity (Wildman–Crippen MR) is 213 cm³/mol. The number of rotatable bonds is 18. The third-order valence-corrected chi connectivity index (χ3v) is 11.3. The van der Waals surface area contributed by atoms with Gasteiger partial charge in [-0.15, -0.1) is 6.58 Å². The number of aryl methyl sites for hydroxylation is 1. The topological polar surface area (TPSA) is 147 Å². The summed E-state index contributed by atoms with van der Waals surface area (Å²) in [6.45, 7) is 8.89. The molecule has 2 heterocycles. The van der Waals surface area contributed by atoms with Crippen LogP contribution in [0.2, 0.25) is 0 Å². The average molecular weight is 763 g/mol. The number of nitrogens with zero attached hydrogens (tertiary/aromatic N) is 4. The molecule has 0 saturated heterocycles. The zero-order valence-corrected chi connectivity index (χ0v) is 32.7. The van der Waals surface area contributed by atoms with Crippen LogP contribution >= 0.6 is 0 Å². The Labute approximate surface area is 330 Å². The molecule has 6 unspecified atom stereocenters. The van der Waals surface area contributed by atoms with Crippen molar-refractivity contribution in [3.8, 4) is 17.6 Å². The lowest BCUT2D eigenvalue weighted by Gasteiger charge is -2.59. The number of likely N-dealkylation sites (N-methyl/N-ethyl adjacent to an activating group) is 1. The summed E-state index contributed by atoms with van der Waals surface area (Å²) in [6, 6.07) is 19.9. The first-order valence-corrected chi connectivity index (χ1v) is 19.8. The number of amides is 1. The number of carbonyl (C=O) groups excluding carboxylic acids is 1. The highest BCUT2D eigenvalue weighted by molar-refractivity contribution is 6.03. The number of aliphatic hydroxyl groups excluding tert-OH is 2. The summed E-state index contributed by atoms with van der Waals surface area (Å²) in [5, 5.41) is 33.8. The normalized spacial score (nSPS) is 24.2. The van der Waals surface area contributed by atoms with E-state index in [1.54, 1.807) is 42.3 Å². The summed E-state index contributed by atoms with van der Waals surface area (Å²) in [4.78, 5) is 26.5. The number of carbonyl (C=O) groups is 1. The van der Waals surface area contributed by atoms with Crippen molar-refractivity contribution >= 4 is 11.6 Å². The Morgan fingerprint density at radius 1 is 1.11 bits per heavy atom. The third-order valence-electron chi connectivity index (χ3n) is 11.3. The van der Waals surface area contributed by atoms with Crippen molar-refractivity contribution in [1.82, 2.24) is 9.88 Å². The molecule has 1 fully saturated rings. The Hall–Kier alpha value is -5.02. The number of benzene rings is 2. The molecule has 1 saturated carbocycles. The lowest BCUT2D eigenvalue weighted by atomic mass is 9.55. The zero-order chi connectivity index (χ0) is 39.7. The van der Waals surface area contributed by atoms with E-state index in [1.165, 1.54) is 0 Å². The molecular formula is C45H54N4O7. The minimum Gasteiger partial charge on any atom is -0.487 e. The summed E-state index contributed by atoms with van der Waals surface area (Å²) in [7, 11) is 1.76. The molecule has 11 nitrogen and oxygen atoms in total. The van der Waals surface area contributed by atoms with Crippen LogP contribution in [0.15, 0.2) is 90.1 Å². The Balaban J connectivity index is 1.53. The molecule has 2 aliphatic carbocycles. The maximum absolute atomic E-state index is 14.4. The van der Waals surface area contributed by atoms with Crippen LogP contribution in [0, 0.1) is 36.0 Å². The minimum atomic E-state index is -1.36. The molecular weight excluding hydrogens is 709 g/mol. The number of pyridine rings is 1. The van der Waals surface area contributed by atoms with E-state index in [9.17, 15) is 20.3 Å². The summed E-state index contributed by atoms with van der Waals surface area (Å²) < 4.78 is 20.6. The van der Waals surface area contributed by atoms with Crippen molar-refractivity contribution in [2.24, 2.45) is 22.9 Å². The van der Waals surface area contributed by atoms with Gasteiger partial charge in [0.15, 0.2) is 0 Å². The third kappa shape index (κ3) is 8.53. The second kappa shape index (κ2) is 18.7. The lowest BCUT2D eigenvalue weighted by Crippen LogP contribution is -2.69. The van der Waals surface area contributed by atoms with Crippen molar-refractivity contribution < 1.29 is 34.1 Å². The summed E-state index contributed by atoms with van der Waals surface area (Å²) in [5.41, 5.74) is 5.32. The van der Waals surface area contributed by atoms with Crippen molar-refractivity contribution in [1.29, 1.82) is 5.26 Å². The zero-order valence-electron chi connectivity index (χ0n) is 32.7. The van der Waals surface area contributed by atoms with Crippen LogP contribution in [0.5, 0.6) is 11.5 Å². The van der Waals surface area contributed by atoms with Gasteiger partial charge in [0.1, 0.15) is 30.8 Å². The highest BCUT2D eigenvalue weighted by Gasteiger charge is 2.65. The molecule has 1 aliphatic heterocycles. The molecule has 0 bridgehead atoms. The van der Waals surface area contributed by atoms with Crippen LogP contribution < -0.4 is 9.47 Å². The quantitative estimate of drug-likeness (QED) is 0.0776. The van der Waals surface area contributed by atoms with Crippen LogP contribution in [-0.2, 0) is 16.2 Å². The molecule has 0 spiro atoms. The van der Waals surface area contributed by atoms with Gasteiger partial charge in [0.05, 0.1) is 35.6 Å². The van der Waals surface area contributed by atoms with Crippen molar-refractivity contribution in [2.75, 3.05) is 33.5 Å². The molecule has 0 radical (unpaired) electrons. The smallest absolute Gasteiger partial charge is 0.254 e. The van der Waals surface area contributed by atoms with E-state index in [0.717, 1.165) is 53.9 Å². The van der Waals surface area contributed by atoms with Gasteiger partial charge in [-0.1, -0.05) is 36.2 Å². The SMILES string of the molecule is C=CCOC12Oc3ccc(OCc4cccc(C)n4)cc3C3C(CCCCO)C(CCCCO)C=C(C(=NOCC)CC1N(C)C(=O)c1ccc(C#N)cc1)C32. The number of nitriles is 1. The van der Waals surface area contributed by atoms with Gasteiger partial charge < -0.3 is 34.2 Å². The predicted octanol–water partition coefficient (Wildman–Crippen LogP) is 7.27. The van der Waals surface area contributed by atoms with Crippen molar-refractivity contribution in [2.45, 2.75) is 83.1 Å². The van der Waals surface area contributed by atoms with E-state index in [0.29, 0.717) is 55.1 Å². The Kier molecular flexibility index (Phi) is 13.6. The van der Waals surface area contributed by atoms with E-state index < -0.39 is 17.7 Å². The molecule has 2 N–H and O–H groups in total. The van der Waals surface area contributed by atoms with E-state index in [1.807, 2.05) is 44.2 Å². The first-order valence-electron chi connectivity index (χ1n) is 19.8. The summed E-state index contributed by atoms with van der Waals surface area (Å²) in [5.74, 6) is -0.680. The number of aromatic nitrogens is 1. The first-order chi connectivity index (χ1) is 27.3. The van der Waals surface area contributed by atoms with E-state index in [2.05, 4.69) is 29.8 Å². The van der Waals surface area contributed by atoms with Gasteiger partial charge in [0.25, 0.3) is 5.91 Å². The number of unbranched alkanes of at least 4 members (excludes halogenated alkanes) is 2. The maximum atomic E-state index is 14.4. The molecule has 56 heavy (non-hydrogen) atoms. The molecule has 2 aromatic carbocycles. The number of fused-ring (bicyclic) bond motifs is 2. The summed E-state index contributed by atoms with van der Waals surface area (Å²) in [6.07, 6.45) is 9.02. The molecule has 11 heteroatoms. The van der Waals surface area contributed by atoms with Crippen LogP contribution in [0.4, 0.5) is 0 Å². The average Bonchev–Trinajstić information content (AvgIpc) is 3.22. The van der Waals surface area contributed by atoms with Gasteiger partial charge in [-0.05, 0) is 112 Å². The number of hydrogen-bond donors (Lipinski definition) is 2. The van der Waals surface area contributed by atoms with Gasteiger partial charge >= 0.3 is 0 Å². The fourth-order valence-electron chi connectivity index (χ4n) is 8.83. The van der Waals surface area contributed by atoms with Gasteiger partial charge in [0, 0.05) is 49.4 Å². The molecule has 1 aromatic heterocycles. The van der Waals surface area contributed by atoms with E-state index in [4.69, 9.17) is 24.2 Å². The first kappa shape index (κ1) is 40.6. The van der Waals surface area contributed by atoms with Crippen molar-refractivity contribution in [3.05, 3.63) is 113 Å². The number of hydrogen-bond acceptors (Lipinski definition) is 10. The van der Waals surface area contributed by atoms with Gasteiger partial charge in [-0.2, -0.15) is 5.26 Å². The Bertz CT molecular complexity index is 1940. The summed E-state index contributed by atoms with van der Waals surface area (Å²) >= 11 is 0. The van der Waals surface area contributed by atoms with Gasteiger partial charge in [0.2, 0.25) is 5.79 Å². The fraction of sp³-hybridized carbons (Fsp3) is 0.467.